The van der Waals surface area contributed by atoms with Gasteiger partial charge in [0.05, 0.1) is 0 Å². The van der Waals surface area contributed by atoms with Gasteiger partial charge in [-0.3, -0.25) is 0 Å². The number of hydrogen-bond acceptors (Lipinski definition) is 0. The lowest BCUT2D eigenvalue weighted by Crippen LogP contribution is -2.11. The van der Waals surface area contributed by atoms with Crippen LogP contribution in [0.1, 0.15) is 38.2 Å². The summed E-state index contributed by atoms with van der Waals surface area (Å²) in [6.07, 6.45) is 5.34. The summed E-state index contributed by atoms with van der Waals surface area (Å²) in [5, 5.41) is 0. The van der Waals surface area contributed by atoms with E-state index in [1.54, 1.807) is 0 Å². The maximum Gasteiger partial charge on any atom is 0.0245 e. The molecule has 1 aromatic carbocycles. The Morgan fingerprint density at radius 2 is 1.93 bits per heavy atom. The first-order valence-electron chi connectivity index (χ1n) is 5.91. The average molecular weight is 198 g/mol. The SMILES string of the molecule is C[C@@H]1CCC[C@H](C#Cc2ccccc2)C1. The van der Waals surface area contributed by atoms with Gasteiger partial charge in [0.25, 0.3) is 0 Å². The smallest absolute Gasteiger partial charge is 0.0245 e. The lowest BCUT2D eigenvalue weighted by Gasteiger charge is -2.22. The van der Waals surface area contributed by atoms with Gasteiger partial charge in [-0.1, -0.05) is 49.8 Å². The minimum Gasteiger partial charge on any atom is -0.0945 e. The summed E-state index contributed by atoms with van der Waals surface area (Å²) in [7, 11) is 0. The normalized spacial score (nSPS) is 25.4. The van der Waals surface area contributed by atoms with E-state index in [0.717, 1.165) is 11.5 Å². The van der Waals surface area contributed by atoms with Gasteiger partial charge >= 0.3 is 0 Å². The van der Waals surface area contributed by atoms with Crippen LogP contribution < -0.4 is 0 Å². The van der Waals surface area contributed by atoms with Crippen LogP contribution in [0, 0.1) is 23.7 Å². The molecule has 0 aliphatic heterocycles. The monoisotopic (exact) mass is 198 g/mol. The van der Waals surface area contributed by atoms with Gasteiger partial charge in [0.1, 0.15) is 0 Å². The highest BCUT2D eigenvalue weighted by Crippen LogP contribution is 2.27. The molecule has 0 amide bonds. The molecule has 2 atom stereocenters. The van der Waals surface area contributed by atoms with E-state index in [1.165, 1.54) is 25.7 Å². The minimum absolute atomic E-state index is 0.633. The van der Waals surface area contributed by atoms with Crippen LogP contribution in [0.4, 0.5) is 0 Å². The molecular weight excluding hydrogens is 180 g/mol. The van der Waals surface area contributed by atoms with Crippen molar-refractivity contribution in [2.24, 2.45) is 11.8 Å². The van der Waals surface area contributed by atoms with Crippen molar-refractivity contribution in [1.29, 1.82) is 0 Å². The Labute approximate surface area is 92.7 Å². The zero-order chi connectivity index (χ0) is 10.5. The molecule has 1 fully saturated rings. The van der Waals surface area contributed by atoms with Gasteiger partial charge in [-0.25, -0.2) is 0 Å². The van der Waals surface area contributed by atoms with Crippen LogP contribution >= 0.6 is 0 Å². The number of benzene rings is 1. The van der Waals surface area contributed by atoms with Gasteiger partial charge < -0.3 is 0 Å². The van der Waals surface area contributed by atoms with Gasteiger partial charge in [-0.2, -0.15) is 0 Å². The molecule has 78 valence electrons. The zero-order valence-corrected chi connectivity index (χ0v) is 9.37. The van der Waals surface area contributed by atoms with Gasteiger partial charge in [0.15, 0.2) is 0 Å². The van der Waals surface area contributed by atoms with Crippen molar-refractivity contribution in [1.82, 2.24) is 0 Å². The molecule has 0 unspecified atom stereocenters. The zero-order valence-electron chi connectivity index (χ0n) is 9.37. The third kappa shape index (κ3) is 3.13. The molecule has 1 aliphatic carbocycles. The summed E-state index contributed by atoms with van der Waals surface area (Å²) in [6.45, 7) is 2.34. The molecule has 2 rings (SSSR count). The predicted octanol–water partition coefficient (Wildman–Crippen LogP) is 3.86. The standard InChI is InChI=1S/C15H18/c1-13-6-5-9-15(12-13)11-10-14-7-3-2-4-8-14/h2-4,7-8,13,15H,5-6,9,12H2,1H3/t13-,15-/m1/s1. The largest absolute Gasteiger partial charge is 0.0945 e. The lowest BCUT2D eigenvalue weighted by molar-refractivity contribution is 0.333. The Kier molecular flexibility index (Phi) is 3.45. The van der Waals surface area contributed by atoms with Crippen LogP contribution in [0.5, 0.6) is 0 Å². The summed E-state index contributed by atoms with van der Waals surface area (Å²) in [5.41, 5.74) is 1.15. The van der Waals surface area contributed by atoms with Crippen molar-refractivity contribution in [3.8, 4) is 11.8 Å². The van der Waals surface area contributed by atoms with E-state index in [2.05, 4.69) is 30.9 Å². The van der Waals surface area contributed by atoms with Gasteiger partial charge in [-0.15, -0.1) is 0 Å². The molecule has 1 saturated carbocycles. The second kappa shape index (κ2) is 5.03. The molecule has 0 spiro atoms. The van der Waals surface area contributed by atoms with Gasteiger partial charge in [0, 0.05) is 11.5 Å². The Balaban J connectivity index is 1.99. The van der Waals surface area contributed by atoms with Crippen molar-refractivity contribution < 1.29 is 0 Å². The molecule has 0 bridgehead atoms. The maximum absolute atomic E-state index is 3.42. The van der Waals surface area contributed by atoms with Gasteiger partial charge in [0.2, 0.25) is 0 Å². The van der Waals surface area contributed by atoms with Crippen LogP contribution in [0.2, 0.25) is 0 Å². The topological polar surface area (TPSA) is 0 Å². The van der Waals surface area contributed by atoms with E-state index in [1.807, 2.05) is 18.2 Å². The highest BCUT2D eigenvalue weighted by atomic mass is 14.2. The number of hydrogen-bond donors (Lipinski definition) is 0. The van der Waals surface area contributed by atoms with Crippen LogP contribution in [0.15, 0.2) is 30.3 Å². The Bertz CT molecular complexity index is 353. The van der Waals surface area contributed by atoms with Crippen molar-refractivity contribution >= 4 is 0 Å². The van der Waals surface area contributed by atoms with Crippen molar-refractivity contribution in [2.75, 3.05) is 0 Å². The Morgan fingerprint density at radius 3 is 2.67 bits per heavy atom. The van der Waals surface area contributed by atoms with Crippen molar-refractivity contribution in [3.05, 3.63) is 35.9 Å². The molecule has 0 N–H and O–H groups in total. The summed E-state index contributed by atoms with van der Waals surface area (Å²) >= 11 is 0. The Hall–Kier alpha value is -1.22. The van der Waals surface area contributed by atoms with Crippen LogP contribution in [-0.4, -0.2) is 0 Å². The second-order valence-electron chi connectivity index (χ2n) is 4.60. The fourth-order valence-electron chi connectivity index (χ4n) is 2.27. The van der Waals surface area contributed by atoms with Crippen molar-refractivity contribution in [2.45, 2.75) is 32.6 Å². The third-order valence-corrected chi connectivity index (χ3v) is 3.13. The first-order valence-corrected chi connectivity index (χ1v) is 5.91. The van der Waals surface area contributed by atoms with E-state index >= 15 is 0 Å². The summed E-state index contributed by atoms with van der Waals surface area (Å²) in [6, 6.07) is 10.3. The summed E-state index contributed by atoms with van der Waals surface area (Å²) in [5.74, 6) is 8.21. The summed E-state index contributed by atoms with van der Waals surface area (Å²) < 4.78 is 0. The van der Waals surface area contributed by atoms with E-state index in [-0.39, 0.29) is 0 Å². The molecule has 0 heterocycles. The number of rotatable bonds is 0. The minimum atomic E-state index is 0.633. The second-order valence-corrected chi connectivity index (χ2v) is 4.60. The molecule has 0 saturated heterocycles. The molecule has 0 heteroatoms. The molecule has 1 aliphatic rings. The first kappa shape index (κ1) is 10.3. The quantitative estimate of drug-likeness (QED) is 0.555. The van der Waals surface area contributed by atoms with Crippen molar-refractivity contribution in [3.63, 3.8) is 0 Å². The Morgan fingerprint density at radius 1 is 1.13 bits per heavy atom. The van der Waals surface area contributed by atoms with Crippen LogP contribution in [0.3, 0.4) is 0 Å². The fraction of sp³-hybridized carbons (Fsp3) is 0.467. The highest BCUT2D eigenvalue weighted by molar-refractivity contribution is 5.34. The van der Waals surface area contributed by atoms with Gasteiger partial charge in [-0.05, 0) is 30.9 Å². The van der Waals surface area contributed by atoms with E-state index in [4.69, 9.17) is 0 Å². The highest BCUT2D eigenvalue weighted by Gasteiger charge is 2.16. The van der Waals surface area contributed by atoms with Crippen LogP contribution in [-0.2, 0) is 0 Å². The maximum atomic E-state index is 3.42. The van der Waals surface area contributed by atoms with E-state index < -0.39 is 0 Å². The third-order valence-electron chi connectivity index (χ3n) is 3.13. The fourth-order valence-corrected chi connectivity index (χ4v) is 2.27. The molecule has 15 heavy (non-hydrogen) atoms. The van der Waals surface area contributed by atoms with E-state index in [0.29, 0.717) is 5.92 Å². The van der Waals surface area contributed by atoms with Crippen LogP contribution in [0.25, 0.3) is 0 Å². The lowest BCUT2D eigenvalue weighted by atomic mass is 9.83. The molecule has 0 radical (unpaired) electrons. The van der Waals surface area contributed by atoms with E-state index in [9.17, 15) is 0 Å². The first-order chi connectivity index (χ1) is 7.34. The molecule has 0 nitrogen and oxygen atoms in total. The molecule has 0 aromatic heterocycles. The predicted molar refractivity (Wildman–Crippen MR) is 64.4 cm³/mol. The average Bonchev–Trinajstić information content (AvgIpc) is 2.28. The summed E-state index contributed by atoms with van der Waals surface area (Å²) in [4.78, 5) is 0. The molecule has 1 aromatic rings. The molecular formula is C15H18.